The van der Waals surface area contributed by atoms with Crippen molar-refractivity contribution in [3.63, 3.8) is 0 Å². The molecular weight excluding hydrogens is 236 g/mol. The molecule has 6 heteroatoms. The first-order valence-corrected chi connectivity index (χ1v) is 4.78. The van der Waals surface area contributed by atoms with E-state index >= 15 is 0 Å². The van der Waals surface area contributed by atoms with E-state index in [1.54, 1.807) is 0 Å². The quantitative estimate of drug-likeness (QED) is 0.441. The predicted molar refractivity (Wildman–Crippen MR) is 60.1 cm³/mol. The smallest absolute Gasteiger partial charge is 0.330 e. The van der Waals surface area contributed by atoms with Gasteiger partial charge in [0.05, 0.1) is 13.0 Å². The van der Waals surface area contributed by atoms with Crippen molar-refractivity contribution in [1.82, 2.24) is 0 Å². The number of halogens is 1. The molecule has 0 heterocycles. The summed E-state index contributed by atoms with van der Waals surface area (Å²) in [6, 6.07) is 0. The van der Waals surface area contributed by atoms with Crippen LogP contribution in [0.5, 0.6) is 0 Å². The normalized spacial score (nSPS) is 10.2. The number of carbonyl (C=O) groups excluding carboxylic acids is 2. The zero-order chi connectivity index (χ0) is 13.0. The highest BCUT2D eigenvalue weighted by Crippen LogP contribution is 1.89. The lowest BCUT2D eigenvalue weighted by molar-refractivity contribution is -0.140. The highest BCUT2D eigenvalue weighted by atomic mass is 35.5. The fourth-order valence-corrected chi connectivity index (χ4v) is 0.454. The number of hydrogen-bond donors (Lipinski definition) is 1. The second-order valence-electron chi connectivity index (χ2n) is 2.37. The van der Waals surface area contributed by atoms with E-state index in [9.17, 15) is 9.59 Å². The Hall–Kier alpha value is -1.33. The summed E-state index contributed by atoms with van der Waals surface area (Å²) in [4.78, 5) is 20.2. The zero-order valence-electron chi connectivity index (χ0n) is 9.02. The second-order valence-corrected chi connectivity index (χ2v) is 2.68. The van der Waals surface area contributed by atoms with E-state index in [0.717, 1.165) is 12.2 Å². The van der Waals surface area contributed by atoms with Crippen LogP contribution in [0.15, 0.2) is 25.3 Å². The first kappa shape index (κ1) is 17.1. The molecule has 0 spiro atoms. The molecule has 0 aliphatic carbocycles. The van der Waals surface area contributed by atoms with Crippen molar-refractivity contribution >= 4 is 23.5 Å². The fourth-order valence-electron chi connectivity index (χ4n) is 0.365. The van der Waals surface area contributed by atoms with E-state index in [1.807, 2.05) is 0 Å². The first-order valence-electron chi connectivity index (χ1n) is 4.25. The second kappa shape index (κ2) is 11.7. The number of ether oxygens (including phenoxy) is 2. The Kier molecular flexibility index (Phi) is 12.5. The maximum Gasteiger partial charge on any atom is 0.330 e. The van der Waals surface area contributed by atoms with E-state index in [2.05, 4.69) is 22.6 Å². The lowest BCUT2D eigenvalue weighted by atomic mass is 10.4. The van der Waals surface area contributed by atoms with Crippen LogP contribution in [0.1, 0.15) is 0 Å². The SMILES string of the molecule is C=CC(=O)OC.C=CC(=O)OCC(O)CCl. The van der Waals surface area contributed by atoms with Crippen molar-refractivity contribution in [3.05, 3.63) is 25.3 Å². The molecule has 0 radical (unpaired) electrons. The van der Waals surface area contributed by atoms with Gasteiger partial charge in [-0.2, -0.15) is 0 Å². The molecule has 0 amide bonds. The van der Waals surface area contributed by atoms with E-state index in [-0.39, 0.29) is 12.5 Å². The van der Waals surface area contributed by atoms with Crippen molar-refractivity contribution < 1.29 is 24.2 Å². The maximum atomic E-state index is 10.3. The minimum Gasteiger partial charge on any atom is -0.466 e. The van der Waals surface area contributed by atoms with Crippen molar-refractivity contribution in [2.75, 3.05) is 19.6 Å². The highest BCUT2D eigenvalue weighted by molar-refractivity contribution is 6.18. The van der Waals surface area contributed by atoms with Crippen LogP contribution in [0.3, 0.4) is 0 Å². The van der Waals surface area contributed by atoms with Gasteiger partial charge in [-0.3, -0.25) is 0 Å². The number of methoxy groups -OCH3 is 1. The van der Waals surface area contributed by atoms with Crippen LogP contribution in [0.25, 0.3) is 0 Å². The van der Waals surface area contributed by atoms with Gasteiger partial charge in [0.1, 0.15) is 12.7 Å². The van der Waals surface area contributed by atoms with Crippen LogP contribution in [0, 0.1) is 0 Å². The molecule has 0 saturated heterocycles. The van der Waals surface area contributed by atoms with Gasteiger partial charge in [-0.15, -0.1) is 11.6 Å². The van der Waals surface area contributed by atoms with Crippen LogP contribution in [-0.2, 0) is 19.1 Å². The van der Waals surface area contributed by atoms with E-state index < -0.39 is 18.0 Å². The van der Waals surface area contributed by atoms with Gasteiger partial charge >= 0.3 is 11.9 Å². The third-order valence-corrected chi connectivity index (χ3v) is 1.49. The molecule has 0 saturated carbocycles. The van der Waals surface area contributed by atoms with Gasteiger partial charge in [0.2, 0.25) is 0 Å². The minimum absolute atomic E-state index is 0.0599. The summed E-state index contributed by atoms with van der Waals surface area (Å²) in [6.07, 6.45) is 1.35. The van der Waals surface area contributed by atoms with Crippen LogP contribution in [-0.4, -0.2) is 42.7 Å². The molecule has 0 fully saturated rings. The molecule has 0 aromatic heterocycles. The number of esters is 2. The Morgan fingerprint density at radius 2 is 1.88 bits per heavy atom. The van der Waals surface area contributed by atoms with E-state index in [4.69, 9.17) is 16.7 Å². The Labute approximate surface area is 99.3 Å². The highest BCUT2D eigenvalue weighted by Gasteiger charge is 2.03. The van der Waals surface area contributed by atoms with Gasteiger partial charge in [0, 0.05) is 12.2 Å². The Balaban J connectivity index is 0. The summed E-state index contributed by atoms with van der Waals surface area (Å²) in [5.41, 5.74) is 0. The van der Waals surface area contributed by atoms with Crippen LogP contribution in [0.4, 0.5) is 0 Å². The number of aliphatic hydroxyl groups excluding tert-OH is 1. The first-order chi connectivity index (χ1) is 7.51. The van der Waals surface area contributed by atoms with Gasteiger partial charge in [-0.05, 0) is 0 Å². The fraction of sp³-hybridized carbons (Fsp3) is 0.400. The average Bonchev–Trinajstić information content (AvgIpc) is 2.34. The van der Waals surface area contributed by atoms with Gasteiger partial charge in [-0.1, -0.05) is 13.2 Å². The molecule has 0 aromatic carbocycles. The van der Waals surface area contributed by atoms with Crippen molar-refractivity contribution in [3.8, 4) is 0 Å². The van der Waals surface area contributed by atoms with Crippen LogP contribution >= 0.6 is 11.6 Å². The molecule has 16 heavy (non-hydrogen) atoms. The monoisotopic (exact) mass is 250 g/mol. The van der Waals surface area contributed by atoms with Crippen molar-refractivity contribution in [2.24, 2.45) is 0 Å². The summed E-state index contributed by atoms with van der Waals surface area (Å²) in [6.45, 7) is 6.26. The lowest BCUT2D eigenvalue weighted by Gasteiger charge is -2.04. The molecule has 1 atom stereocenters. The standard InChI is InChI=1S/C6H9ClO3.C4H6O2/c1-2-6(9)10-4-5(8)3-7;1-3-4(5)6-2/h2,5,8H,1,3-4H2;3H,1H2,2H3. The number of hydrogen-bond acceptors (Lipinski definition) is 5. The molecule has 1 unspecified atom stereocenters. The van der Waals surface area contributed by atoms with Gasteiger partial charge in [0.15, 0.2) is 0 Å². The predicted octanol–water partition coefficient (Wildman–Crippen LogP) is 0.661. The van der Waals surface area contributed by atoms with Gasteiger partial charge in [0.25, 0.3) is 0 Å². The zero-order valence-corrected chi connectivity index (χ0v) is 9.77. The maximum absolute atomic E-state index is 10.3. The Bertz CT molecular complexity index is 239. The third-order valence-electron chi connectivity index (χ3n) is 1.13. The molecule has 5 nitrogen and oxygen atoms in total. The molecule has 1 N–H and O–H groups in total. The molecule has 0 aliphatic rings. The topological polar surface area (TPSA) is 72.8 Å². The van der Waals surface area contributed by atoms with Gasteiger partial charge in [-0.25, -0.2) is 9.59 Å². The average molecular weight is 251 g/mol. The van der Waals surface area contributed by atoms with Crippen LogP contribution < -0.4 is 0 Å². The summed E-state index contributed by atoms with van der Waals surface area (Å²) < 4.78 is 8.59. The molecule has 0 rings (SSSR count). The molecule has 0 bridgehead atoms. The molecule has 92 valence electrons. The number of rotatable bonds is 5. The summed E-state index contributed by atoms with van der Waals surface area (Å²) in [5.74, 6) is -0.885. The van der Waals surface area contributed by atoms with E-state index in [0.29, 0.717) is 0 Å². The van der Waals surface area contributed by atoms with Crippen molar-refractivity contribution in [2.45, 2.75) is 6.10 Å². The van der Waals surface area contributed by atoms with E-state index in [1.165, 1.54) is 7.11 Å². The largest absolute Gasteiger partial charge is 0.466 e. The van der Waals surface area contributed by atoms with Crippen molar-refractivity contribution in [1.29, 1.82) is 0 Å². The Morgan fingerprint density at radius 3 is 2.12 bits per heavy atom. The summed E-state index contributed by atoms with van der Waals surface area (Å²) in [7, 11) is 1.31. The Morgan fingerprint density at radius 1 is 1.38 bits per heavy atom. The number of aliphatic hydroxyl groups is 1. The minimum atomic E-state index is -0.787. The molecule has 0 aromatic rings. The lowest BCUT2D eigenvalue weighted by Crippen LogP contribution is -2.18. The summed E-state index contributed by atoms with van der Waals surface area (Å²) >= 11 is 5.21. The summed E-state index contributed by atoms with van der Waals surface area (Å²) in [5, 5.41) is 8.76. The third kappa shape index (κ3) is 12.7. The van der Waals surface area contributed by atoms with Gasteiger partial charge < -0.3 is 14.6 Å². The number of alkyl halides is 1. The molecular formula is C10H15ClO5. The number of carbonyl (C=O) groups is 2. The van der Waals surface area contributed by atoms with Crippen LogP contribution in [0.2, 0.25) is 0 Å². The molecule has 0 aliphatic heterocycles.